The Morgan fingerprint density at radius 3 is 1.53 bits per heavy atom. The Hall–Kier alpha value is -5.22. The van der Waals surface area contributed by atoms with Gasteiger partial charge in [-0.3, -0.25) is 0 Å². The molecule has 0 radical (unpaired) electrons. The van der Waals surface area contributed by atoms with Crippen LogP contribution in [0.3, 0.4) is 0 Å². The molecule has 0 aromatic heterocycles. The number of nitrogens with zero attached hydrogens (tertiary/aromatic N) is 1. The summed E-state index contributed by atoms with van der Waals surface area (Å²) >= 11 is 0. The molecule has 0 saturated heterocycles. The van der Waals surface area contributed by atoms with Crippen molar-refractivity contribution in [2.45, 2.75) is 0 Å². The van der Waals surface area contributed by atoms with Crippen LogP contribution in [0.15, 0.2) is 115 Å². The van der Waals surface area contributed by atoms with E-state index < -0.39 is 11.9 Å². The summed E-state index contributed by atoms with van der Waals surface area (Å²) in [6, 6.07) is 39.0. The van der Waals surface area contributed by atoms with Crippen LogP contribution in [0.25, 0.3) is 43.1 Å². The maximum Gasteiger partial charge on any atom is 0.346 e. The Balaban J connectivity index is 1.52. The molecule has 4 heteroatoms. The Kier molecular flexibility index (Phi) is 4.21. The summed E-state index contributed by atoms with van der Waals surface area (Å²) in [5.74, 6) is -1.18. The third kappa shape index (κ3) is 2.74. The molecule has 0 N–H and O–H groups in total. The Bertz CT molecular complexity index is 1970. The molecule has 7 aromatic rings. The first-order chi connectivity index (χ1) is 18.7. The lowest BCUT2D eigenvalue weighted by Gasteiger charge is -2.28. The zero-order valence-corrected chi connectivity index (χ0v) is 20.1. The average molecular weight is 490 g/mol. The van der Waals surface area contributed by atoms with E-state index in [1.807, 2.05) is 24.3 Å². The van der Waals surface area contributed by atoms with Crippen LogP contribution in [-0.2, 0) is 4.74 Å². The first-order valence-electron chi connectivity index (χ1n) is 12.5. The first-order valence-corrected chi connectivity index (χ1v) is 12.5. The number of carbonyl (C=O) groups excluding carboxylic acids is 2. The van der Waals surface area contributed by atoms with Gasteiger partial charge < -0.3 is 9.64 Å². The number of fused-ring (bicyclic) bond motifs is 2. The minimum absolute atomic E-state index is 0.437. The van der Waals surface area contributed by atoms with Gasteiger partial charge in [0.25, 0.3) is 0 Å². The molecule has 38 heavy (non-hydrogen) atoms. The van der Waals surface area contributed by atoms with Crippen LogP contribution < -0.4 is 4.90 Å². The van der Waals surface area contributed by atoms with Crippen molar-refractivity contribution >= 4 is 72.1 Å². The highest BCUT2D eigenvalue weighted by Gasteiger charge is 2.29. The summed E-state index contributed by atoms with van der Waals surface area (Å²) in [5.41, 5.74) is 4.10. The summed E-state index contributed by atoms with van der Waals surface area (Å²) in [4.78, 5) is 27.5. The average Bonchev–Trinajstić information content (AvgIpc) is 2.96. The van der Waals surface area contributed by atoms with E-state index in [1.54, 1.807) is 12.1 Å². The van der Waals surface area contributed by atoms with E-state index in [0.29, 0.717) is 16.5 Å². The van der Waals surface area contributed by atoms with Gasteiger partial charge in [0.15, 0.2) is 0 Å². The van der Waals surface area contributed by atoms with Crippen LogP contribution in [0.1, 0.15) is 20.7 Å². The lowest BCUT2D eigenvalue weighted by molar-refractivity contribution is 0.0391. The monoisotopic (exact) mass is 489 g/mol. The number of hydrogen-bond acceptors (Lipinski definition) is 4. The second-order valence-electron chi connectivity index (χ2n) is 9.62. The van der Waals surface area contributed by atoms with Crippen LogP contribution in [0.2, 0.25) is 0 Å². The molecule has 7 aromatic carbocycles. The first kappa shape index (κ1) is 20.9. The molecule has 0 amide bonds. The maximum atomic E-state index is 12.6. The molecule has 0 spiro atoms. The van der Waals surface area contributed by atoms with Crippen molar-refractivity contribution in [3.8, 4) is 0 Å². The van der Waals surface area contributed by atoms with Crippen molar-refractivity contribution in [3.05, 3.63) is 126 Å². The summed E-state index contributed by atoms with van der Waals surface area (Å²) in [7, 11) is 0. The van der Waals surface area contributed by atoms with E-state index >= 15 is 0 Å². The van der Waals surface area contributed by atoms with Crippen molar-refractivity contribution in [2.24, 2.45) is 0 Å². The highest BCUT2D eigenvalue weighted by Crippen LogP contribution is 2.47. The van der Waals surface area contributed by atoms with Crippen LogP contribution in [0, 0.1) is 0 Å². The highest BCUT2D eigenvalue weighted by atomic mass is 16.6. The minimum atomic E-state index is -0.591. The number of esters is 2. The molecular weight excluding hydrogens is 470 g/mol. The lowest BCUT2D eigenvalue weighted by atomic mass is 9.85. The van der Waals surface area contributed by atoms with Gasteiger partial charge in [-0.25, -0.2) is 9.59 Å². The smallest absolute Gasteiger partial charge is 0.346 e. The van der Waals surface area contributed by atoms with Gasteiger partial charge in [-0.15, -0.1) is 0 Å². The number of rotatable bonds is 3. The van der Waals surface area contributed by atoms with Crippen LogP contribution in [0.5, 0.6) is 0 Å². The number of anilines is 3. The molecular formula is C34H19NO3. The Morgan fingerprint density at radius 2 is 0.921 bits per heavy atom. The topological polar surface area (TPSA) is 46.6 Å². The van der Waals surface area contributed by atoms with Crippen LogP contribution >= 0.6 is 0 Å². The van der Waals surface area contributed by atoms with E-state index in [-0.39, 0.29) is 0 Å². The van der Waals surface area contributed by atoms with Gasteiger partial charge >= 0.3 is 11.9 Å². The van der Waals surface area contributed by atoms with E-state index in [2.05, 4.69) is 83.8 Å². The van der Waals surface area contributed by atoms with Gasteiger partial charge in [-0.2, -0.15) is 0 Å². The quantitative estimate of drug-likeness (QED) is 0.108. The van der Waals surface area contributed by atoms with Gasteiger partial charge in [-0.05, 0) is 74.8 Å². The zero-order valence-electron chi connectivity index (χ0n) is 20.1. The molecule has 0 unspecified atom stereocenters. The van der Waals surface area contributed by atoms with Crippen molar-refractivity contribution < 1.29 is 14.3 Å². The van der Waals surface area contributed by atoms with Crippen molar-refractivity contribution in [3.63, 3.8) is 0 Å². The molecule has 4 nitrogen and oxygen atoms in total. The number of hydrogen-bond donors (Lipinski definition) is 0. The fourth-order valence-corrected chi connectivity index (χ4v) is 6.10. The second kappa shape index (κ2) is 7.64. The molecule has 1 heterocycles. The molecule has 1 aliphatic rings. The van der Waals surface area contributed by atoms with Gasteiger partial charge in [0.05, 0.1) is 16.8 Å². The number of benzene rings is 7. The second-order valence-corrected chi connectivity index (χ2v) is 9.62. The number of cyclic esters (lactones) is 2. The van der Waals surface area contributed by atoms with Gasteiger partial charge in [0.1, 0.15) is 0 Å². The van der Waals surface area contributed by atoms with Crippen LogP contribution in [-0.4, -0.2) is 11.9 Å². The molecule has 0 saturated carbocycles. The highest BCUT2D eigenvalue weighted by molar-refractivity contribution is 6.38. The molecule has 1 aliphatic heterocycles. The zero-order chi connectivity index (χ0) is 25.4. The van der Waals surface area contributed by atoms with Crippen molar-refractivity contribution in [1.82, 2.24) is 0 Å². The van der Waals surface area contributed by atoms with E-state index in [9.17, 15) is 9.59 Å². The van der Waals surface area contributed by atoms with Crippen molar-refractivity contribution in [1.29, 1.82) is 0 Å². The summed E-state index contributed by atoms with van der Waals surface area (Å²) < 4.78 is 5.00. The molecule has 0 atom stereocenters. The molecule has 8 rings (SSSR count). The Labute approximate surface area is 217 Å². The van der Waals surface area contributed by atoms with Gasteiger partial charge in [0.2, 0.25) is 0 Å². The van der Waals surface area contributed by atoms with E-state index in [1.165, 1.54) is 0 Å². The molecule has 0 aliphatic carbocycles. The SMILES string of the molecule is O=C1OC(=O)c2ccc3c4ccc(N(c5ccccc5)c5ccccc5)c5cccc(c6ccc1c2c63)c54. The number of carbonyl (C=O) groups is 2. The Morgan fingerprint density at radius 1 is 0.421 bits per heavy atom. The summed E-state index contributed by atoms with van der Waals surface area (Å²) in [6.07, 6.45) is 0. The molecule has 178 valence electrons. The number of ether oxygens (including phenoxy) is 1. The largest absolute Gasteiger partial charge is 0.386 e. The fraction of sp³-hybridized carbons (Fsp3) is 0. The third-order valence-electron chi connectivity index (χ3n) is 7.65. The van der Waals surface area contributed by atoms with Gasteiger partial charge in [-0.1, -0.05) is 72.8 Å². The van der Waals surface area contributed by atoms with E-state index in [4.69, 9.17) is 4.74 Å². The van der Waals surface area contributed by atoms with Crippen LogP contribution in [0.4, 0.5) is 17.1 Å². The predicted molar refractivity (Wildman–Crippen MR) is 152 cm³/mol. The van der Waals surface area contributed by atoms with E-state index in [0.717, 1.165) is 54.8 Å². The predicted octanol–water partition coefficient (Wildman–Crippen LogP) is 8.52. The summed E-state index contributed by atoms with van der Waals surface area (Å²) in [5, 5.41) is 8.10. The normalized spacial score (nSPS) is 13.1. The maximum absolute atomic E-state index is 12.6. The third-order valence-corrected chi connectivity index (χ3v) is 7.65. The standard InChI is InChI=1S/C34H19NO3/c36-33-27-16-14-24-22-12-7-13-26-29(35(20-8-3-1-4-9-20)21-10-5-2-6-11-21)19-18-23(30(22)26)25-15-17-28(34(37)38-33)32(27)31(24)25/h1-19H. The minimum Gasteiger partial charge on any atom is -0.386 e. The van der Waals surface area contributed by atoms with Crippen molar-refractivity contribution in [2.75, 3.05) is 4.90 Å². The molecule has 0 fully saturated rings. The lowest BCUT2D eigenvalue weighted by Crippen LogP contribution is -2.19. The fourth-order valence-electron chi connectivity index (χ4n) is 6.10. The summed E-state index contributed by atoms with van der Waals surface area (Å²) in [6.45, 7) is 0. The number of para-hydroxylation sites is 2. The van der Waals surface area contributed by atoms with Gasteiger partial charge in [0, 0.05) is 22.1 Å². The molecule has 0 bridgehead atoms.